The van der Waals surface area contributed by atoms with E-state index >= 15 is 0 Å². The highest BCUT2D eigenvalue weighted by Gasteiger charge is 2.22. The monoisotopic (exact) mass is 331 g/mol. The molecule has 2 aromatic rings. The maximum atomic E-state index is 11.9. The van der Waals surface area contributed by atoms with Crippen molar-refractivity contribution < 1.29 is 19.4 Å². The highest BCUT2D eigenvalue weighted by molar-refractivity contribution is 5.88. The van der Waals surface area contributed by atoms with Gasteiger partial charge < -0.3 is 4.74 Å². The van der Waals surface area contributed by atoms with E-state index in [9.17, 15) is 25.0 Å². The molecule has 0 aliphatic heterocycles. The number of benzene rings is 2. The molecule has 24 heavy (non-hydrogen) atoms. The van der Waals surface area contributed by atoms with E-state index in [0.717, 1.165) is 23.8 Å². The molecule has 2 aromatic carbocycles. The first-order valence-corrected chi connectivity index (χ1v) is 6.84. The fraction of sp³-hybridized carbons (Fsp3) is 0.133. The second-order valence-corrected chi connectivity index (χ2v) is 4.80. The van der Waals surface area contributed by atoms with Gasteiger partial charge in [0.25, 0.3) is 11.4 Å². The first-order chi connectivity index (χ1) is 11.4. The predicted molar refractivity (Wildman–Crippen MR) is 84.7 cm³/mol. The Morgan fingerprint density at radius 3 is 2.33 bits per heavy atom. The van der Waals surface area contributed by atoms with Gasteiger partial charge in [-0.3, -0.25) is 25.5 Å². The third-order valence-electron chi connectivity index (χ3n) is 3.18. The third kappa shape index (κ3) is 4.03. The number of nitro benzene ring substituents is 2. The molecule has 0 aromatic heterocycles. The molecule has 1 amide bonds. The number of hydrogen-bond acceptors (Lipinski definition) is 6. The number of hydrogen-bond donors (Lipinski definition) is 1. The summed E-state index contributed by atoms with van der Waals surface area (Å²) in [6.45, 7) is 1.65. The summed E-state index contributed by atoms with van der Waals surface area (Å²) in [4.78, 5) is 32.0. The summed E-state index contributed by atoms with van der Waals surface area (Å²) in [5.41, 5.74) is -0.464. The van der Waals surface area contributed by atoms with Crippen LogP contribution in [0, 0.1) is 20.2 Å². The molecule has 1 atom stereocenters. The van der Waals surface area contributed by atoms with Crippen molar-refractivity contribution in [2.45, 2.75) is 13.0 Å². The molecule has 0 aliphatic rings. The van der Waals surface area contributed by atoms with Gasteiger partial charge >= 0.3 is 6.09 Å². The summed E-state index contributed by atoms with van der Waals surface area (Å²) in [6.07, 6.45) is -1.47. The average molecular weight is 331 g/mol. The SMILES string of the molecule is CC(OC(=O)Nc1ccc([N+](=O)[O-])cc1[N+](=O)[O-])c1ccccc1. The van der Waals surface area contributed by atoms with E-state index in [0.29, 0.717) is 0 Å². The zero-order valence-electron chi connectivity index (χ0n) is 12.5. The molecule has 9 heteroatoms. The molecule has 0 saturated heterocycles. The van der Waals surface area contributed by atoms with Crippen molar-refractivity contribution in [3.63, 3.8) is 0 Å². The van der Waals surface area contributed by atoms with E-state index in [1.165, 1.54) is 0 Å². The lowest BCUT2D eigenvalue weighted by atomic mass is 10.1. The van der Waals surface area contributed by atoms with Crippen molar-refractivity contribution in [1.82, 2.24) is 0 Å². The molecule has 0 heterocycles. The number of rotatable bonds is 5. The van der Waals surface area contributed by atoms with E-state index < -0.39 is 33.4 Å². The number of non-ortho nitro benzene ring substituents is 1. The highest BCUT2D eigenvalue weighted by Crippen LogP contribution is 2.29. The zero-order chi connectivity index (χ0) is 17.7. The predicted octanol–water partition coefficient (Wildman–Crippen LogP) is 3.81. The molecule has 0 radical (unpaired) electrons. The number of ether oxygens (including phenoxy) is 1. The maximum absolute atomic E-state index is 11.9. The lowest BCUT2D eigenvalue weighted by Gasteiger charge is -2.14. The van der Waals surface area contributed by atoms with Crippen LogP contribution < -0.4 is 5.32 Å². The van der Waals surface area contributed by atoms with Crippen molar-refractivity contribution in [2.24, 2.45) is 0 Å². The van der Waals surface area contributed by atoms with Gasteiger partial charge in [-0.2, -0.15) is 0 Å². The highest BCUT2D eigenvalue weighted by atomic mass is 16.6. The van der Waals surface area contributed by atoms with Gasteiger partial charge in [-0.15, -0.1) is 0 Å². The Labute approximate surface area is 136 Å². The number of nitrogens with one attached hydrogen (secondary N) is 1. The summed E-state index contributed by atoms with van der Waals surface area (Å²) in [5.74, 6) is 0. The minimum atomic E-state index is -0.900. The molecule has 124 valence electrons. The third-order valence-corrected chi connectivity index (χ3v) is 3.18. The van der Waals surface area contributed by atoms with Crippen molar-refractivity contribution in [3.05, 3.63) is 74.3 Å². The van der Waals surface area contributed by atoms with Gasteiger partial charge in [-0.25, -0.2) is 4.79 Å². The van der Waals surface area contributed by atoms with Crippen LogP contribution in [-0.2, 0) is 4.74 Å². The Morgan fingerprint density at radius 1 is 1.08 bits per heavy atom. The number of anilines is 1. The Hall–Kier alpha value is -3.49. The zero-order valence-corrected chi connectivity index (χ0v) is 12.5. The van der Waals surface area contributed by atoms with E-state index in [2.05, 4.69) is 5.32 Å². The van der Waals surface area contributed by atoms with E-state index in [1.54, 1.807) is 31.2 Å². The summed E-state index contributed by atoms with van der Waals surface area (Å²) in [6, 6.07) is 11.8. The number of nitro groups is 2. The quantitative estimate of drug-likeness (QED) is 0.656. The van der Waals surface area contributed by atoms with Gasteiger partial charge in [0.15, 0.2) is 0 Å². The van der Waals surface area contributed by atoms with Crippen LogP contribution in [0.3, 0.4) is 0 Å². The van der Waals surface area contributed by atoms with Crippen LogP contribution in [0.2, 0.25) is 0 Å². The Balaban J connectivity index is 2.14. The van der Waals surface area contributed by atoms with Gasteiger partial charge in [0, 0.05) is 6.07 Å². The van der Waals surface area contributed by atoms with Crippen molar-refractivity contribution in [1.29, 1.82) is 0 Å². The van der Waals surface area contributed by atoms with Crippen molar-refractivity contribution in [2.75, 3.05) is 5.32 Å². The summed E-state index contributed by atoms with van der Waals surface area (Å²) in [7, 11) is 0. The van der Waals surface area contributed by atoms with Crippen LogP contribution in [-0.4, -0.2) is 15.9 Å². The molecule has 0 aliphatic carbocycles. The number of carbonyl (C=O) groups excluding carboxylic acids is 1. The largest absolute Gasteiger partial charge is 0.441 e. The smallest absolute Gasteiger partial charge is 0.412 e. The van der Waals surface area contributed by atoms with Gasteiger partial charge in [-0.1, -0.05) is 30.3 Å². The number of nitrogens with zero attached hydrogens (tertiary/aromatic N) is 2. The number of carbonyl (C=O) groups is 1. The second-order valence-electron chi connectivity index (χ2n) is 4.80. The Morgan fingerprint density at radius 2 is 1.75 bits per heavy atom. The minimum Gasteiger partial charge on any atom is -0.441 e. The van der Waals surface area contributed by atoms with Crippen LogP contribution in [0.25, 0.3) is 0 Å². The molecular formula is C15H13N3O6. The maximum Gasteiger partial charge on any atom is 0.412 e. The van der Waals surface area contributed by atoms with Gasteiger partial charge in [-0.05, 0) is 18.6 Å². The van der Waals surface area contributed by atoms with Crippen molar-refractivity contribution in [3.8, 4) is 0 Å². The van der Waals surface area contributed by atoms with E-state index in [4.69, 9.17) is 4.74 Å². The molecule has 1 N–H and O–H groups in total. The molecule has 0 fully saturated rings. The standard InChI is InChI=1S/C15H13N3O6/c1-10(11-5-3-2-4-6-11)24-15(19)16-13-8-7-12(17(20)21)9-14(13)18(22)23/h2-10H,1H3,(H,16,19). The molecule has 1 unspecified atom stereocenters. The van der Waals surface area contributed by atoms with E-state index in [1.807, 2.05) is 6.07 Å². The van der Waals surface area contributed by atoms with Gasteiger partial charge in [0.1, 0.15) is 11.8 Å². The Bertz CT molecular complexity index is 778. The van der Waals surface area contributed by atoms with Crippen LogP contribution in [0.1, 0.15) is 18.6 Å². The lowest BCUT2D eigenvalue weighted by Crippen LogP contribution is -2.16. The summed E-state index contributed by atoms with van der Waals surface area (Å²) >= 11 is 0. The van der Waals surface area contributed by atoms with Gasteiger partial charge in [0.05, 0.1) is 15.9 Å². The Kier molecular flexibility index (Phi) is 5.05. The molecule has 0 spiro atoms. The van der Waals surface area contributed by atoms with Crippen LogP contribution in [0.4, 0.5) is 21.9 Å². The van der Waals surface area contributed by atoms with E-state index in [-0.39, 0.29) is 5.69 Å². The normalized spacial score (nSPS) is 11.4. The molecule has 9 nitrogen and oxygen atoms in total. The molecular weight excluding hydrogens is 318 g/mol. The molecule has 2 rings (SSSR count). The van der Waals surface area contributed by atoms with Crippen molar-refractivity contribution >= 4 is 23.2 Å². The van der Waals surface area contributed by atoms with Crippen LogP contribution in [0.5, 0.6) is 0 Å². The summed E-state index contributed by atoms with van der Waals surface area (Å²) < 4.78 is 5.15. The first-order valence-electron chi connectivity index (χ1n) is 6.84. The minimum absolute atomic E-state index is 0.184. The van der Waals surface area contributed by atoms with Gasteiger partial charge in [0.2, 0.25) is 0 Å². The topological polar surface area (TPSA) is 125 Å². The molecule has 0 bridgehead atoms. The fourth-order valence-corrected chi connectivity index (χ4v) is 1.98. The summed E-state index contributed by atoms with van der Waals surface area (Å²) in [5, 5.41) is 23.9. The number of amides is 1. The molecule has 0 saturated carbocycles. The van der Waals surface area contributed by atoms with Crippen LogP contribution >= 0.6 is 0 Å². The van der Waals surface area contributed by atoms with Crippen LogP contribution in [0.15, 0.2) is 48.5 Å². The fourth-order valence-electron chi connectivity index (χ4n) is 1.98. The lowest BCUT2D eigenvalue weighted by molar-refractivity contribution is -0.393. The second kappa shape index (κ2) is 7.18. The average Bonchev–Trinajstić information content (AvgIpc) is 2.55. The first kappa shape index (κ1) is 16.9.